The normalized spacial score (nSPS) is 13.8. The Bertz CT molecular complexity index is 1060. The lowest BCUT2D eigenvalue weighted by Gasteiger charge is -2.11. The molecule has 1 aliphatic carbocycles. The Morgan fingerprint density at radius 1 is 1.19 bits per heavy atom. The van der Waals surface area contributed by atoms with E-state index in [-0.39, 0.29) is 12.5 Å². The second kappa shape index (κ2) is 9.92. The molecule has 1 fully saturated rings. The molecule has 4 rings (SSSR count). The first-order valence-electron chi connectivity index (χ1n) is 10.5. The number of carbonyl (C=O) groups excluding carboxylic acids is 1. The molecule has 0 aliphatic heterocycles. The highest BCUT2D eigenvalue weighted by molar-refractivity contribution is 5.79. The van der Waals surface area contributed by atoms with Gasteiger partial charge in [0.1, 0.15) is 5.75 Å². The van der Waals surface area contributed by atoms with Gasteiger partial charge in [-0.3, -0.25) is 9.20 Å². The summed E-state index contributed by atoms with van der Waals surface area (Å²) < 4.78 is 7.56. The molecule has 0 radical (unpaired) electrons. The molecule has 1 aliphatic rings. The van der Waals surface area contributed by atoms with Crippen LogP contribution in [0.2, 0.25) is 0 Å². The van der Waals surface area contributed by atoms with Gasteiger partial charge >= 0.3 is 0 Å². The first kappa shape index (κ1) is 20.6. The van der Waals surface area contributed by atoms with E-state index in [2.05, 4.69) is 31.1 Å². The zero-order valence-corrected chi connectivity index (χ0v) is 17.5. The molecular formula is C22H27N7O2. The molecule has 0 saturated heterocycles. The van der Waals surface area contributed by atoms with Crippen molar-refractivity contribution in [1.82, 2.24) is 30.5 Å². The number of carbonyl (C=O) groups is 1. The zero-order chi connectivity index (χ0) is 21.5. The number of fused-ring (bicyclic) bond motifs is 1. The molecule has 1 saturated carbocycles. The lowest BCUT2D eigenvalue weighted by Crippen LogP contribution is -2.37. The van der Waals surface area contributed by atoms with Crippen molar-refractivity contribution in [2.24, 2.45) is 4.99 Å². The van der Waals surface area contributed by atoms with Gasteiger partial charge in [0.2, 0.25) is 0 Å². The number of hydrogen-bond acceptors (Lipinski definition) is 5. The highest BCUT2D eigenvalue weighted by Gasteiger charge is 2.23. The standard InChI is InChI=1S/C22H27N7O2/c1-2-23-22(25-14-20-28-27-19-8-3-4-11-29(19)20)24-13-16-6-5-7-18(12-16)31-15-21(30)26-17-9-10-17/h3-8,11-12,17H,2,9-10,13-15H2,1H3,(H,26,30)(H2,23,24,25). The molecule has 3 N–H and O–H groups in total. The van der Waals surface area contributed by atoms with E-state index in [0.29, 0.717) is 30.8 Å². The van der Waals surface area contributed by atoms with Crippen LogP contribution in [0.25, 0.3) is 5.65 Å². The van der Waals surface area contributed by atoms with Crippen molar-refractivity contribution in [3.05, 3.63) is 60.0 Å². The van der Waals surface area contributed by atoms with Gasteiger partial charge in [0.15, 0.2) is 24.0 Å². The molecule has 162 valence electrons. The van der Waals surface area contributed by atoms with Gasteiger partial charge < -0.3 is 20.7 Å². The van der Waals surface area contributed by atoms with E-state index in [9.17, 15) is 4.79 Å². The lowest BCUT2D eigenvalue weighted by molar-refractivity contribution is -0.123. The molecule has 1 amide bonds. The minimum atomic E-state index is -0.0782. The first-order chi connectivity index (χ1) is 15.2. The summed E-state index contributed by atoms with van der Waals surface area (Å²) in [5, 5.41) is 17.8. The second-order valence-electron chi connectivity index (χ2n) is 7.37. The Labute approximate surface area is 180 Å². The molecule has 31 heavy (non-hydrogen) atoms. The van der Waals surface area contributed by atoms with Gasteiger partial charge in [0.05, 0.1) is 13.1 Å². The topological polar surface area (TPSA) is 105 Å². The van der Waals surface area contributed by atoms with Crippen molar-refractivity contribution in [2.75, 3.05) is 13.2 Å². The smallest absolute Gasteiger partial charge is 0.258 e. The molecule has 0 atom stereocenters. The molecule has 2 heterocycles. The van der Waals surface area contributed by atoms with Crippen LogP contribution in [0.15, 0.2) is 53.7 Å². The van der Waals surface area contributed by atoms with Crippen molar-refractivity contribution in [3.8, 4) is 5.75 Å². The Morgan fingerprint density at radius 3 is 2.94 bits per heavy atom. The van der Waals surface area contributed by atoms with Gasteiger partial charge in [-0.1, -0.05) is 18.2 Å². The number of rotatable bonds is 9. The van der Waals surface area contributed by atoms with Gasteiger partial charge in [0, 0.05) is 18.8 Å². The number of ether oxygens (including phenoxy) is 1. The van der Waals surface area contributed by atoms with E-state index in [1.807, 2.05) is 60.0 Å². The molecule has 0 spiro atoms. The van der Waals surface area contributed by atoms with Crippen LogP contribution in [-0.4, -0.2) is 45.7 Å². The van der Waals surface area contributed by atoms with Crippen molar-refractivity contribution < 1.29 is 9.53 Å². The highest BCUT2D eigenvalue weighted by Crippen LogP contribution is 2.18. The maximum atomic E-state index is 11.8. The molecule has 9 nitrogen and oxygen atoms in total. The molecule has 0 bridgehead atoms. The van der Waals surface area contributed by atoms with Crippen LogP contribution in [0.1, 0.15) is 31.2 Å². The molecule has 1 aromatic carbocycles. The third-order valence-electron chi connectivity index (χ3n) is 4.77. The SMILES string of the molecule is CCNC(=NCc1cccc(OCC(=O)NC2CC2)c1)NCc1nnc2ccccn12. The van der Waals surface area contributed by atoms with Gasteiger partial charge in [-0.05, 0) is 49.6 Å². The largest absolute Gasteiger partial charge is 0.484 e. The van der Waals surface area contributed by atoms with Gasteiger partial charge in [0.25, 0.3) is 5.91 Å². The number of hydrogen-bond donors (Lipinski definition) is 3. The van der Waals surface area contributed by atoms with Gasteiger partial charge in [-0.15, -0.1) is 10.2 Å². The number of guanidine groups is 1. The summed E-state index contributed by atoms with van der Waals surface area (Å²) in [6, 6.07) is 13.8. The summed E-state index contributed by atoms with van der Waals surface area (Å²) in [5.74, 6) is 2.07. The van der Waals surface area contributed by atoms with Crippen LogP contribution in [-0.2, 0) is 17.9 Å². The van der Waals surface area contributed by atoms with Crippen LogP contribution in [0.4, 0.5) is 0 Å². The van der Waals surface area contributed by atoms with E-state index < -0.39 is 0 Å². The maximum absolute atomic E-state index is 11.8. The Balaban J connectivity index is 1.33. The average Bonchev–Trinajstić information content (AvgIpc) is 3.51. The number of amides is 1. The van der Waals surface area contributed by atoms with Gasteiger partial charge in [-0.2, -0.15) is 0 Å². The summed E-state index contributed by atoms with van der Waals surface area (Å²) in [6.45, 7) is 3.76. The lowest BCUT2D eigenvalue weighted by atomic mass is 10.2. The van der Waals surface area contributed by atoms with Crippen molar-refractivity contribution in [2.45, 2.75) is 38.9 Å². The summed E-state index contributed by atoms with van der Waals surface area (Å²) in [5.41, 5.74) is 1.80. The summed E-state index contributed by atoms with van der Waals surface area (Å²) in [4.78, 5) is 16.5. The van der Waals surface area contributed by atoms with E-state index >= 15 is 0 Å². The Kier molecular flexibility index (Phi) is 6.61. The summed E-state index contributed by atoms with van der Waals surface area (Å²) in [6.07, 6.45) is 4.07. The number of benzene rings is 1. The summed E-state index contributed by atoms with van der Waals surface area (Å²) >= 11 is 0. The number of pyridine rings is 1. The maximum Gasteiger partial charge on any atom is 0.258 e. The van der Waals surface area contributed by atoms with Crippen molar-refractivity contribution in [1.29, 1.82) is 0 Å². The Hall–Kier alpha value is -3.62. The van der Waals surface area contributed by atoms with Gasteiger partial charge in [-0.25, -0.2) is 4.99 Å². The summed E-state index contributed by atoms with van der Waals surface area (Å²) in [7, 11) is 0. The average molecular weight is 422 g/mol. The Morgan fingerprint density at radius 2 is 2.10 bits per heavy atom. The molecule has 0 unspecified atom stereocenters. The highest BCUT2D eigenvalue weighted by atomic mass is 16.5. The first-order valence-corrected chi connectivity index (χ1v) is 10.5. The quantitative estimate of drug-likeness (QED) is 0.358. The van der Waals surface area contributed by atoms with Crippen LogP contribution < -0.4 is 20.7 Å². The van der Waals surface area contributed by atoms with Crippen LogP contribution in [0.5, 0.6) is 5.75 Å². The van der Waals surface area contributed by atoms with E-state index in [0.717, 1.165) is 36.4 Å². The fourth-order valence-electron chi connectivity index (χ4n) is 3.07. The van der Waals surface area contributed by atoms with Crippen LogP contribution in [0, 0.1) is 0 Å². The van der Waals surface area contributed by atoms with E-state index in [1.54, 1.807) is 0 Å². The number of aliphatic imine (C=N–C) groups is 1. The molecular weight excluding hydrogens is 394 g/mol. The molecule has 2 aromatic heterocycles. The van der Waals surface area contributed by atoms with Crippen LogP contribution >= 0.6 is 0 Å². The molecule has 9 heteroatoms. The zero-order valence-electron chi connectivity index (χ0n) is 17.5. The second-order valence-corrected chi connectivity index (χ2v) is 7.37. The van der Waals surface area contributed by atoms with E-state index in [1.165, 1.54) is 0 Å². The predicted molar refractivity (Wildman–Crippen MR) is 118 cm³/mol. The minimum Gasteiger partial charge on any atom is -0.484 e. The third-order valence-corrected chi connectivity index (χ3v) is 4.77. The monoisotopic (exact) mass is 421 g/mol. The predicted octanol–water partition coefficient (Wildman–Crippen LogP) is 1.64. The number of aromatic nitrogens is 3. The van der Waals surface area contributed by atoms with Crippen LogP contribution in [0.3, 0.4) is 0 Å². The fraction of sp³-hybridized carbons (Fsp3) is 0.364. The third kappa shape index (κ3) is 5.94. The molecule has 3 aromatic rings. The number of nitrogens with one attached hydrogen (secondary N) is 3. The number of nitrogens with zero attached hydrogens (tertiary/aromatic N) is 4. The van der Waals surface area contributed by atoms with Crippen molar-refractivity contribution >= 4 is 17.5 Å². The van der Waals surface area contributed by atoms with Crippen molar-refractivity contribution in [3.63, 3.8) is 0 Å². The fourth-order valence-corrected chi connectivity index (χ4v) is 3.07. The van der Waals surface area contributed by atoms with E-state index in [4.69, 9.17) is 4.74 Å². The minimum absolute atomic E-state index is 0.0275.